The molecule has 232 valence electrons. The summed E-state index contributed by atoms with van der Waals surface area (Å²) in [6.45, 7) is 2.91. The number of para-hydroxylation sites is 1. The monoisotopic (exact) mass is 597 g/mol. The van der Waals surface area contributed by atoms with Gasteiger partial charge in [0.25, 0.3) is 0 Å². The van der Waals surface area contributed by atoms with Crippen LogP contribution in [0, 0.1) is 0 Å². The molecule has 0 atom stereocenters. The van der Waals surface area contributed by atoms with Gasteiger partial charge in [-0.05, 0) is 80.2 Å². The van der Waals surface area contributed by atoms with E-state index in [4.69, 9.17) is 20.0 Å². The minimum absolute atomic E-state index is 0.266. The minimum atomic E-state index is -4.34. The largest absolute Gasteiger partial charge is 0.488 e. The SMILES string of the molecule is CN(C)CCC=C1c2ccccc2COc2ccccc21.COCCCC/C(=N\OCCN)c1ccc(C(F)(F)F)cc1. The van der Waals surface area contributed by atoms with Gasteiger partial charge in [-0.25, -0.2) is 0 Å². The van der Waals surface area contributed by atoms with Crippen molar-refractivity contribution in [2.75, 3.05) is 47.5 Å². The molecule has 0 unspecified atom stereocenters. The smallest absolute Gasteiger partial charge is 0.416 e. The number of unbranched alkanes of at least 4 members (excludes halogenated alkanes) is 1. The van der Waals surface area contributed by atoms with Crippen molar-refractivity contribution in [2.24, 2.45) is 10.9 Å². The van der Waals surface area contributed by atoms with E-state index in [1.807, 2.05) is 6.07 Å². The number of rotatable bonds is 12. The van der Waals surface area contributed by atoms with Gasteiger partial charge in [-0.2, -0.15) is 13.2 Å². The van der Waals surface area contributed by atoms with Crippen LogP contribution >= 0.6 is 0 Å². The van der Waals surface area contributed by atoms with Crippen molar-refractivity contribution in [3.8, 4) is 5.75 Å². The topological polar surface area (TPSA) is 69.3 Å². The first-order valence-corrected chi connectivity index (χ1v) is 14.5. The van der Waals surface area contributed by atoms with Crippen LogP contribution in [0.5, 0.6) is 5.75 Å². The zero-order valence-electron chi connectivity index (χ0n) is 25.2. The first-order valence-electron chi connectivity index (χ1n) is 14.5. The number of hydrogen-bond donors (Lipinski definition) is 1. The van der Waals surface area contributed by atoms with E-state index < -0.39 is 11.7 Å². The number of halogens is 3. The first kappa shape index (κ1) is 33.8. The average molecular weight is 598 g/mol. The number of alkyl halides is 3. The van der Waals surface area contributed by atoms with Crippen molar-refractivity contribution in [1.29, 1.82) is 0 Å². The highest BCUT2D eigenvalue weighted by Crippen LogP contribution is 2.36. The van der Waals surface area contributed by atoms with Crippen molar-refractivity contribution in [1.82, 2.24) is 4.90 Å². The molecule has 2 N–H and O–H groups in total. The standard InChI is InChI=1S/C19H21NO.C15H21F3N2O2/c1-20(2)13-7-11-17-16-9-4-3-8-15(16)14-21-19-12-6-5-10-18(17)19;1-21-10-3-2-4-14(20-22-11-9-19)12-5-7-13(8-6-12)15(16,17)18/h3-6,8-12H,7,13-14H2,1-2H3;5-8H,2-4,9-11,19H2,1H3/b;20-14+. The highest BCUT2D eigenvalue weighted by Gasteiger charge is 2.30. The second-order valence-corrected chi connectivity index (χ2v) is 10.3. The van der Waals surface area contributed by atoms with E-state index in [2.05, 4.69) is 72.7 Å². The summed E-state index contributed by atoms with van der Waals surface area (Å²) in [5, 5.41) is 3.99. The molecule has 43 heavy (non-hydrogen) atoms. The normalized spacial score (nSPS) is 13.9. The summed E-state index contributed by atoms with van der Waals surface area (Å²) < 4.78 is 48.7. The molecule has 0 fully saturated rings. The zero-order valence-corrected chi connectivity index (χ0v) is 25.2. The second kappa shape index (κ2) is 17.5. The lowest BCUT2D eigenvalue weighted by atomic mass is 9.93. The fourth-order valence-electron chi connectivity index (χ4n) is 4.52. The van der Waals surface area contributed by atoms with Crippen LogP contribution in [0.25, 0.3) is 5.57 Å². The summed E-state index contributed by atoms with van der Waals surface area (Å²) >= 11 is 0. The fraction of sp³-hybridized carbons (Fsp3) is 0.382. The lowest BCUT2D eigenvalue weighted by molar-refractivity contribution is -0.137. The molecular formula is C34H42F3N3O3. The summed E-state index contributed by atoms with van der Waals surface area (Å²) in [5.41, 5.74) is 10.9. The molecule has 0 saturated heterocycles. The lowest BCUT2D eigenvalue weighted by Crippen LogP contribution is -2.12. The van der Waals surface area contributed by atoms with Crippen LogP contribution < -0.4 is 10.5 Å². The summed E-state index contributed by atoms with van der Waals surface area (Å²) in [4.78, 5) is 7.27. The van der Waals surface area contributed by atoms with Gasteiger partial charge >= 0.3 is 6.18 Å². The van der Waals surface area contributed by atoms with E-state index in [0.29, 0.717) is 37.5 Å². The fourth-order valence-corrected chi connectivity index (χ4v) is 4.52. The van der Waals surface area contributed by atoms with Gasteiger partial charge in [-0.15, -0.1) is 0 Å². The van der Waals surface area contributed by atoms with Gasteiger partial charge in [-0.1, -0.05) is 65.8 Å². The van der Waals surface area contributed by atoms with Gasteiger partial charge in [0.1, 0.15) is 19.0 Å². The Kier molecular flexibility index (Phi) is 13.7. The van der Waals surface area contributed by atoms with Crippen LogP contribution in [0.3, 0.4) is 0 Å². The predicted molar refractivity (Wildman–Crippen MR) is 166 cm³/mol. The van der Waals surface area contributed by atoms with Crippen LogP contribution in [0.15, 0.2) is 84.0 Å². The van der Waals surface area contributed by atoms with E-state index in [9.17, 15) is 13.2 Å². The number of nitrogens with zero attached hydrogens (tertiary/aromatic N) is 2. The summed E-state index contributed by atoms with van der Waals surface area (Å²) in [7, 11) is 5.84. The van der Waals surface area contributed by atoms with E-state index in [0.717, 1.165) is 43.7 Å². The molecule has 6 nitrogen and oxygen atoms in total. The highest BCUT2D eigenvalue weighted by atomic mass is 19.4. The summed E-state index contributed by atoms with van der Waals surface area (Å²) in [5.74, 6) is 0.977. The maximum atomic E-state index is 12.6. The number of methoxy groups -OCH3 is 1. The van der Waals surface area contributed by atoms with Crippen molar-refractivity contribution in [3.05, 3.63) is 107 Å². The zero-order chi connectivity index (χ0) is 31.1. The molecule has 1 aliphatic rings. The lowest BCUT2D eigenvalue weighted by Gasteiger charge is -2.12. The van der Waals surface area contributed by atoms with Crippen molar-refractivity contribution in [3.63, 3.8) is 0 Å². The third-order valence-electron chi connectivity index (χ3n) is 6.73. The average Bonchev–Trinajstić information content (AvgIpc) is 3.15. The summed E-state index contributed by atoms with van der Waals surface area (Å²) in [6.07, 6.45) is 1.27. The molecule has 0 saturated carbocycles. The molecule has 3 aromatic rings. The Labute approximate surface area is 252 Å². The number of nitrogens with two attached hydrogens (primary N) is 1. The first-order chi connectivity index (χ1) is 20.7. The second-order valence-electron chi connectivity index (χ2n) is 10.3. The maximum Gasteiger partial charge on any atom is 0.416 e. The Morgan fingerprint density at radius 2 is 1.65 bits per heavy atom. The number of hydrogen-bond acceptors (Lipinski definition) is 6. The molecule has 0 aromatic heterocycles. The van der Waals surface area contributed by atoms with E-state index >= 15 is 0 Å². The van der Waals surface area contributed by atoms with Gasteiger partial charge in [-0.3, -0.25) is 0 Å². The molecule has 0 radical (unpaired) electrons. The van der Waals surface area contributed by atoms with Crippen LogP contribution in [0.4, 0.5) is 13.2 Å². The quantitative estimate of drug-likeness (QED) is 0.136. The molecule has 3 aromatic carbocycles. The van der Waals surface area contributed by atoms with Crippen LogP contribution in [0.2, 0.25) is 0 Å². The van der Waals surface area contributed by atoms with E-state index in [1.54, 1.807) is 7.11 Å². The van der Waals surface area contributed by atoms with Gasteiger partial charge in [0.2, 0.25) is 0 Å². The van der Waals surface area contributed by atoms with Crippen LogP contribution in [-0.4, -0.2) is 58.1 Å². The Balaban J connectivity index is 0.000000235. The number of benzene rings is 3. The molecular weight excluding hydrogens is 555 g/mol. The third-order valence-corrected chi connectivity index (χ3v) is 6.73. The number of fused-ring (bicyclic) bond motifs is 2. The van der Waals surface area contributed by atoms with Gasteiger partial charge in [0.05, 0.1) is 11.3 Å². The summed E-state index contributed by atoms with van der Waals surface area (Å²) in [6, 6.07) is 21.8. The Hall–Kier alpha value is -3.66. The minimum Gasteiger partial charge on any atom is -0.488 e. The van der Waals surface area contributed by atoms with Crippen molar-refractivity contribution < 1.29 is 27.5 Å². The molecule has 1 aliphatic heterocycles. The van der Waals surface area contributed by atoms with E-state index in [-0.39, 0.29) is 6.61 Å². The van der Waals surface area contributed by atoms with Gasteiger partial charge < -0.3 is 24.9 Å². The predicted octanol–water partition coefficient (Wildman–Crippen LogP) is 7.16. The molecule has 9 heteroatoms. The highest BCUT2D eigenvalue weighted by molar-refractivity contribution is 6.00. The Bertz CT molecular complexity index is 1270. The molecule has 0 amide bonds. The molecule has 0 bridgehead atoms. The maximum absolute atomic E-state index is 12.6. The van der Waals surface area contributed by atoms with Gasteiger partial charge in [0, 0.05) is 32.4 Å². The Morgan fingerprint density at radius 3 is 2.33 bits per heavy atom. The third kappa shape index (κ3) is 10.8. The van der Waals surface area contributed by atoms with E-state index in [1.165, 1.54) is 34.4 Å². The Morgan fingerprint density at radius 1 is 0.953 bits per heavy atom. The van der Waals surface area contributed by atoms with Crippen molar-refractivity contribution >= 4 is 11.3 Å². The molecule has 0 aliphatic carbocycles. The number of oxime groups is 1. The molecule has 0 spiro atoms. The molecule has 4 rings (SSSR count). The van der Waals surface area contributed by atoms with Crippen LogP contribution in [-0.2, 0) is 22.4 Å². The van der Waals surface area contributed by atoms with Gasteiger partial charge in [0.15, 0.2) is 0 Å². The van der Waals surface area contributed by atoms with Crippen molar-refractivity contribution in [2.45, 2.75) is 38.5 Å². The molecule has 1 heterocycles. The number of ether oxygens (including phenoxy) is 2. The van der Waals surface area contributed by atoms with Crippen LogP contribution in [0.1, 0.15) is 53.5 Å².